The predicted molar refractivity (Wildman–Crippen MR) is 205 cm³/mol. The number of aromatic hydroxyl groups is 1. The number of morpholine rings is 1. The summed E-state index contributed by atoms with van der Waals surface area (Å²) in [5.41, 5.74) is 0.631. The lowest BCUT2D eigenvalue weighted by atomic mass is 9.94. The summed E-state index contributed by atoms with van der Waals surface area (Å²) in [5.74, 6) is -0.816. The summed E-state index contributed by atoms with van der Waals surface area (Å²) >= 11 is 4.85. The minimum absolute atomic E-state index is 0.0801. The number of nitrogens with one attached hydrogen (secondary N) is 3. The number of quaternary nitrogens is 1. The number of halogens is 1. The molecule has 274 valence electrons. The van der Waals surface area contributed by atoms with Gasteiger partial charge in [-0.1, -0.05) is 24.3 Å². The number of anilines is 2. The highest BCUT2D eigenvalue weighted by Crippen LogP contribution is 2.53. The fraction of sp³-hybridized carbons (Fsp3) is 0.378. The van der Waals surface area contributed by atoms with E-state index in [0.29, 0.717) is 58.6 Å². The Morgan fingerprint density at radius 2 is 1.75 bits per heavy atom. The molecule has 12 nitrogen and oxygen atoms in total. The van der Waals surface area contributed by atoms with E-state index in [1.54, 1.807) is 18.2 Å². The van der Waals surface area contributed by atoms with E-state index in [4.69, 9.17) is 9.47 Å². The van der Waals surface area contributed by atoms with Crippen LogP contribution in [-0.4, -0.2) is 88.6 Å². The maximum Gasteiger partial charge on any atom is 0.349 e. The SMILES string of the molecule is C[N+]1(CCC(=O)Nc2ccc(CNC[C@H](O)c3ccc(O)c(NC=O)c3)cc2I)C2CC(OC(=O)C(O)(c3cccs3)c3cccs3)CC1C1OC12. The molecule has 6 N–H and O–H groups in total. The van der Waals surface area contributed by atoms with Crippen molar-refractivity contribution < 1.29 is 43.7 Å². The predicted octanol–water partition coefficient (Wildman–Crippen LogP) is 4.45. The van der Waals surface area contributed by atoms with Crippen molar-refractivity contribution in [2.75, 3.05) is 30.8 Å². The summed E-state index contributed by atoms with van der Waals surface area (Å²) in [6.07, 6.45) is 0.948. The highest BCUT2D eigenvalue weighted by Gasteiger charge is 2.72. The Bertz CT molecular complexity index is 1870. The van der Waals surface area contributed by atoms with Crippen LogP contribution in [0.5, 0.6) is 5.75 Å². The van der Waals surface area contributed by atoms with Gasteiger partial charge in [0, 0.05) is 29.5 Å². The maximum atomic E-state index is 13.6. The lowest BCUT2D eigenvalue weighted by Crippen LogP contribution is -2.63. The zero-order valence-corrected chi connectivity index (χ0v) is 32.0. The zero-order chi connectivity index (χ0) is 36.6. The summed E-state index contributed by atoms with van der Waals surface area (Å²) in [6, 6.07) is 17.6. The van der Waals surface area contributed by atoms with Crippen molar-refractivity contribution in [1.82, 2.24) is 5.32 Å². The van der Waals surface area contributed by atoms with Crippen molar-refractivity contribution in [2.24, 2.45) is 0 Å². The highest BCUT2D eigenvalue weighted by atomic mass is 127. The number of rotatable bonds is 15. The molecule has 7 rings (SSSR count). The summed E-state index contributed by atoms with van der Waals surface area (Å²) < 4.78 is 13.7. The fourth-order valence-corrected chi connectivity index (χ4v) is 10.2. The van der Waals surface area contributed by atoms with Crippen LogP contribution in [0, 0.1) is 3.57 Å². The number of thiophene rings is 2. The summed E-state index contributed by atoms with van der Waals surface area (Å²) in [6.45, 7) is 1.36. The van der Waals surface area contributed by atoms with Crippen LogP contribution in [0.1, 0.15) is 46.2 Å². The number of phenols is 1. The number of hydrogen-bond acceptors (Lipinski definition) is 11. The molecule has 15 heteroatoms. The molecular formula is C37H40IN4O8S2+. The van der Waals surface area contributed by atoms with Crippen LogP contribution >= 0.6 is 45.3 Å². The molecule has 0 spiro atoms. The lowest BCUT2D eigenvalue weighted by Gasteiger charge is -2.48. The van der Waals surface area contributed by atoms with Gasteiger partial charge in [0.25, 0.3) is 0 Å². The van der Waals surface area contributed by atoms with Crippen LogP contribution < -0.4 is 16.0 Å². The number of carbonyl (C=O) groups is 3. The molecule has 4 aromatic rings. The minimum Gasteiger partial charge on any atom is -0.506 e. The van der Waals surface area contributed by atoms with Gasteiger partial charge in [0.2, 0.25) is 17.9 Å². The molecule has 3 aliphatic heterocycles. The number of aliphatic hydroxyl groups excluding tert-OH is 1. The average Bonchev–Trinajstić information content (AvgIpc) is 3.42. The fourth-order valence-electron chi connectivity index (χ4n) is 7.75. The molecule has 0 radical (unpaired) electrons. The average molecular weight is 860 g/mol. The molecule has 2 bridgehead atoms. The molecule has 4 unspecified atom stereocenters. The van der Waals surface area contributed by atoms with Gasteiger partial charge in [-0.25, -0.2) is 4.79 Å². The van der Waals surface area contributed by atoms with E-state index in [-0.39, 0.29) is 54.3 Å². The third-order valence-electron chi connectivity index (χ3n) is 10.6. The second kappa shape index (κ2) is 15.1. The Balaban J connectivity index is 0.908. The van der Waals surface area contributed by atoms with E-state index in [1.807, 2.05) is 41.1 Å². The molecule has 2 aromatic carbocycles. The standard InChI is InChI=1S/C37H39IN4O8S2/c1-42(27-16-23(17-28(42)35-34(27)50-35)49-36(47)37(48,31-4-2-12-51-31)32-5-3-13-52-32)11-10-33(46)41-25-8-6-21(14-24(25)38)18-39-19-30(45)22-7-9-29(44)26(15-22)40-20-43/h2-9,12-15,20,23,27-28,30,34-35,39,45,48H,10-11,16-19H2,1H3,(H2-,40,41,43,44,46)/p+1/t23?,27?,28?,30-,34?,35?,42?/m0/s1. The van der Waals surface area contributed by atoms with Crippen molar-refractivity contribution in [1.29, 1.82) is 0 Å². The number of hydrogen-bond donors (Lipinski definition) is 6. The Morgan fingerprint density at radius 3 is 2.37 bits per heavy atom. The summed E-state index contributed by atoms with van der Waals surface area (Å²) in [7, 11) is 2.18. The van der Waals surface area contributed by atoms with E-state index in [1.165, 1.54) is 34.8 Å². The van der Waals surface area contributed by atoms with Crippen LogP contribution in [0.15, 0.2) is 71.4 Å². The van der Waals surface area contributed by atoms with Gasteiger partial charge in [-0.2, -0.15) is 0 Å². The van der Waals surface area contributed by atoms with E-state index < -0.39 is 17.7 Å². The second-order valence-electron chi connectivity index (χ2n) is 13.7. The molecule has 3 saturated heterocycles. The Labute approximate surface area is 322 Å². The van der Waals surface area contributed by atoms with E-state index in [2.05, 4.69) is 45.6 Å². The topological polar surface area (TPSA) is 170 Å². The van der Waals surface area contributed by atoms with Crippen LogP contribution in [0.3, 0.4) is 0 Å². The first-order valence-electron chi connectivity index (χ1n) is 17.0. The lowest BCUT2D eigenvalue weighted by molar-refractivity contribution is -0.955. The molecule has 0 aliphatic carbocycles. The van der Waals surface area contributed by atoms with Crippen LogP contribution in [0.4, 0.5) is 11.4 Å². The number of ether oxygens (including phenoxy) is 2. The number of piperidine rings is 1. The van der Waals surface area contributed by atoms with Crippen LogP contribution in [-0.2, 0) is 36.0 Å². The van der Waals surface area contributed by atoms with Crippen molar-refractivity contribution in [3.8, 4) is 5.75 Å². The van der Waals surface area contributed by atoms with Crippen molar-refractivity contribution in [3.05, 3.63) is 95.9 Å². The number of nitrogens with zero attached hydrogens (tertiary/aromatic N) is 1. The summed E-state index contributed by atoms with van der Waals surface area (Å²) in [5, 5.41) is 44.5. The smallest absolute Gasteiger partial charge is 0.349 e. The molecule has 5 atom stereocenters. The van der Waals surface area contributed by atoms with E-state index >= 15 is 0 Å². The number of benzene rings is 2. The Hall–Kier alpha value is -3.42. The van der Waals surface area contributed by atoms with Gasteiger partial charge >= 0.3 is 5.97 Å². The van der Waals surface area contributed by atoms with Gasteiger partial charge in [-0.3, -0.25) is 9.59 Å². The molecular weight excluding hydrogens is 819 g/mol. The summed E-state index contributed by atoms with van der Waals surface area (Å²) in [4.78, 5) is 38.7. The monoisotopic (exact) mass is 859 g/mol. The van der Waals surface area contributed by atoms with Crippen molar-refractivity contribution in [2.45, 2.75) is 67.9 Å². The first-order chi connectivity index (χ1) is 25.0. The number of carbonyl (C=O) groups excluding carboxylic acids is 3. The third kappa shape index (κ3) is 7.24. The van der Waals surface area contributed by atoms with Gasteiger partial charge in [0.05, 0.1) is 47.2 Å². The van der Waals surface area contributed by atoms with Gasteiger partial charge < -0.3 is 45.2 Å². The normalized spacial score (nSPS) is 25.2. The van der Waals surface area contributed by atoms with Gasteiger partial charge in [-0.15, -0.1) is 22.7 Å². The minimum atomic E-state index is -1.85. The first-order valence-corrected chi connectivity index (χ1v) is 19.9. The number of phenolic OH excluding ortho intramolecular Hbond substituents is 1. The molecule has 2 aromatic heterocycles. The quantitative estimate of drug-likeness (QED) is 0.0253. The molecule has 5 heterocycles. The molecule has 3 aliphatic rings. The number of esters is 1. The van der Waals surface area contributed by atoms with Gasteiger partial charge in [-0.05, 0) is 80.9 Å². The molecule has 0 saturated carbocycles. The maximum absolute atomic E-state index is 13.6. The first kappa shape index (κ1) is 36.9. The molecule has 3 fully saturated rings. The highest BCUT2D eigenvalue weighted by molar-refractivity contribution is 14.1. The van der Waals surface area contributed by atoms with Crippen molar-refractivity contribution >= 4 is 74.9 Å². The number of aliphatic hydroxyl groups is 2. The number of amides is 2. The van der Waals surface area contributed by atoms with E-state index in [0.717, 1.165) is 14.8 Å². The molecule has 52 heavy (non-hydrogen) atoms. The second-order valence-corrected chi connectivity index (χ2v) is 16.8. The van der Waals surface area contributed by atoms with Gasteiger partial charge in [0.15, 0.2) is 0 Å². The van der Waals surface area contributed by atoms with Crippen LogP contribution in [0.25, 0.3) is 0 Å². The zero-order valence-electron chi connectivity index (χ0n) is 28.2. The number of epoxide rings is 1. The largest absolute Gasteiger partial charge is 0.506 e. The Morgan fingerprint density at radius 1 is 1.06 bits per heavy atom. The number of fused-ring (bicyclic) bond motifs is 5. The third-order valence-corrected chi connectivity index (χ3v) is 13.4. The van der Waals surface area contributed by atoms with E-state index in [9.17, 15) is 29.7 Å². The van der Waals surface area contributed by atoms with Crippen LogP contribution in [0.2, 0.25) is 0 Å². The van der Waals surface area contributed by atoms with Crippen molar-refractivity contribution in [3.63, 3.8) is 0 Å². The number of likely N-dealkylation sites (N-methyl/N-ethyl adjacent to an activating group) is 1. The Kier molecular flexibility index (Phi) is 10.7. The molecule has 2 amide bonds. The van der Waals surface area contributed by atoms with Gasteiger partial charge in [0.1, 0.15) is 36.1 Å².